The lowest BCUT2D eigenvalue weighted by Crippen LogP contribution is -2.25. The highest BCUT2D eigenvalue weighted by Crippen LogP contribution is 2.24. The molecule has 146 valence electrons. The molecule has 28 heavy (non-hydrogen) atoms. The smallest absolute Gasteiger partial charge is 0.240 e. The van der Waals surface area contributed by atoms with Crippen molar-refractivity contribution in [2.45, 2.75) is 25.2 Å². The number of sulfonamides is 1. The number of aryl methyl sites for hydroxylation is 2. The molecule has 0 fully saturated rings. The van der Waals surface area contributed by atoms with E-state index in [9.17, 15) is 8.42 Å². The van der Waals surface area contributed by atoms with Crippen molar-refractivity contribution in [2.24, 2.45) is 0 Å². The average molecular weight is 397 g/mol. The van der Waals surface area contributed by atoms with E-state index in [0.29, 0.717) is 18.7 Å². The summed E-state index contributed by atoms with van der Waals surface area (Å²) in [5, 5.41) is 0. The number of ether oxygens (including phenoxy) is 1. The van der Waals surface area contributed by atoms with Crippen molar-refractivity contribution in [1.82, 2.24) is 4.72 Å². The van der Waals surface area contributed by atoms with Gasteiger partial charge in [0.15, 0.2) is 0 Å². The van der Waals surface area contributed by atoms with Gasteiger partial charge in [-0.1, -0.05) is 18.2 Å². The number of nitrogen functional groups attached to an aromatic ring is 1. The molecule has 3 N–H and O–H groups in total. The van der Waals surface area contributed by atoms with Gasteiger partial charge in [0.1, 0.15) is 11.5 Å². The minimum absolute atomic E-state index is 0.207. The number of rotatable bonds is 7. The Bertz CT molecular complexity index is 1020. The van der Waals surface area contributed by atoms with Gasteiger partial charge in [-0.15, -0.1) is 0 Å². The molecule has 0 atom stereocenters. The summed E-state index contributed by atoms with van der Waals surface area (Å²) in [4.78, 5) is 0.207. The lowest BCUT2D eigenvalue weighted by Gasteiger charge is -2.09. The lowest BCUT2D eigenvalue weighted by atomic mass is 10.1. The Morgan fingerprint density at radius 1 is 0.857 bits per heavy atom. The molecular formula is C22H24N2O3S. The Hall–Kier alpha value is -2.83. The molecule has 0 unspecified atom stereocenters. The molecule has 0 radical (unpaired) electrons. The molecular weight excluding hydrogens is 372 g/mol. The first-order valence-corrected chi connectivity index (χ1v) is 10.5. The highest BCUT2D eigenvalue weighted by molar-refractivity contribution is 7.89. The van der Waals surface area contributed by atoms with Crippen LogP contribution in [0.15, 0.2) is 71.6 Å². The standard InChI is InChI=1S/C22H24N2O3S/c1-16-13-17(2)15-21(14-16)27-20-7-3-18(4-8-20)11-12-24-28(25,26)22-9-5-19(23)6-10-22/h3-10,13-15,24H,11-12,23H2,1-2H3. The quantitative estimate of drug-likeness (QED) is 0.587. The van der Waals surface area contributed by atoms with Gasteiger partial charge in [0.05, 0.1) is 4.90 Å². The molecule has 0 aliphatic rings. The SMILES string of the molecule is Cc1cc(C)cc(Oc2ccc(CCNS(=O)(=O)c3ccc(N)cc3)cc2)c1. The maximum Gasteiger partial charge on any atom is 0.240 e. The maximum absolute atomic E-state index is 12.3. The van der Waals surface area contributed by atoms with Gasteiger partial charge in [-0.3, -0.25) is 0 Å². The first-order valence-electron chi connectivity index (χ1n) is 9.02. The number of anilines is 1. The fourth-order valence-electron chi connectivity index (χ4n) is 2.91. The molecule has 0 aliphatic carbocycles. The summed E-state index contributed by atoms with van der Waals surface area (Å²) in [5.74, 6) is 1.55. The van der Waals surface area contributed by atoms with Gasteiger partial charge in [0.2, 0.25) is 10.0 Å². The third-order valence-electron chi connectivity index (χ3n) is 4.25. The molecule has 0 aliphatic heterocycles. The zero-order valence-electron chi connectivity index (χ0n) is 16.0. The average Bonchev–Trinajstić information content (AvgIpc) is 2.62. The first kappa shape index (κ1) is 19.9. The number of nitrogens with two attached hydrogens (primary N) is 1. The summed E-state index contributed by atoms with van der Waals surface area (Å²) in [7, 11) is -3.53. The maximum atomic E-state index is 12.3. The van der Waals surface area contributed by atoms with Crippen molar-refractivity contribution in [3.8, 4) is 11.5 Å². The predicted octanol–water partition coefficient (Wildman–Crippen LogP) is 4.20. The Morgan fingerprint density at radius 3 is 2.07 bits per heavy atom. The van der Waals surface area contributed by atoms with Gasteiger partial charge >= 0.3 is 0 Å². The van der Waals surface area contributed by atoms with E-state index in [1.54, 1.807) is 12.1 Å². The largest absolute Gasteiger partial charge is 0.457 e. The summed E-state index contributed by atoms with van der Waals surface area (Å²) in [5.41, 5.74) is 9.45. The normalized spacial score (nSPS) is 11.4. The van der Waals surface area contributed by atoms with Crippen LogP contribution in [0.2, 0.25) is 0 Å². The Labute approximate surface area is 166 Å². The van der Waals surface area contributed by atoms with Gasteiger partial charge in [-0.2, -0.15) is 0 Å². The number of hydrogen-bond donors (Lipinski definition) is 2. The summed E-state index contributed by atoms with van der Waals surface area (Å²) < 4.78 is 33.1. The number of benzene rings is 3. The van der Waals surface area contributed by atoms with E-state index in [-0.39, 0.29) is 4.90 Å². The Balaban J connectivity index is 1.56. The van der Waals surface area contributed by atoms with E-state index in [2.05, 4.69) is 10.8 Å². The second kappa shape index (κ2) is 8.46. The lowest BCUT2D eigenvalue weighted by molar-refractivity contribution is 0.481. The minimum atomic E-state index is -3.53. The third kappa shape index (κ3) is 5.34. The second-order valence-corrected chi connectivity index (χ2v) is 8.55. The van der Waals surface area contributed by atoms with E-state index < -0.39 is 10.0 Å². The monoisotopic (exact) mass is 396 g/mol. The first-order chi connectivity index (χ1) is 13.3. The molecule has 5 nitrogen and oxygen atoms in total. The summed E-state index contributed by atoms with van der Waals surface area (Å²) in [6, 6.07) is 19.9. The second-order valence-electron chi connectivity index (χ2n) is 6.79. The molecule has 6 heteroatoms. The van der Waals surface area contributed by atoms with Crippen LogP contribution in [0.5, 0.6) is 11.5 Å². The van der Waals surface area contributed by atoms with Crippen LogP contribution in [-0.4, -0.2) is 15.0 Å². The Kier molecular flexibility index (Phi) is 6.02. The van der Waals surface area contributed by atoms with Crippen LogP contribution in [0.25, 0.3) is 0 Å². The van der Waals surface area contributed by atoms with E-state index >= 15 is 0 Å². The predicted molar refractivity (Wildman–Crippen MR) is 112 cm³/mol. The van der Waals surface area contributed by atoms with Gasteiger partial charge in [-0.05, 0) is 85.5 Å². The molecule has 3 aromatic rings. The van der Waals surface area contributed by atoms with E-state index in [1.165, 1.54) is 12.1 Å². The van der Waals surface area contributed by atoms with Crippen molar-refractivity contribution in [1.29, 1.82) is 0 Å². The fourth-order valence-corrected chi connectivity index (χ4v) is 3.94. The number of hydrogen-bond acceptors (Lipinski definition) is 4. The van der Waals surface area contributed by atoms with Crippen LogP contribution >= 0.6 is 0 Å². The molecule has 3 aromatic carbocycles. The minimum Gasteiger partial charge on any atom is -0.457 e. The molecule has 0 saturated carbocycles. The van der Waals surface area contributed by atoms with E-state index in [0.717, 1.165) is 28.2 Å². The summed E-state index contributed by atoms with van der Waals surface area (Å²) >= 11 is 0. The third-order valence-corrected chi connectivity index (χ3v) is 5.73. The van der Waals surface area contributed by atoms with Crippen LogP contribution in [0.3, 0.4) is 0 Å². The molecule has 3 rings (SSSR count). The molecule has 0 aromatic heterocycles. The summed E-state index contributed by atoms with van der Waals surface area (Å²) in [6.07, 6.45) is 0.581. The van der Waals surface area contributed by atoms with Crippen LogP contribution < -0.4 is 15.2 Å². The van der Waals surface area contributed by atoms with Crippen LogP contribution in [0.1, 0.15) is 16.7 Å². The molecule has 0 spiro atoms. The van der Waals surface area contributed by atoms with Crippen molar-refractivity contribution < 1.29 is 13.2 Å². The highest BCUT2D eigenvalue weighted by atomic mass is 32.2. The zero-order chi connectivity index (χ0) is 20.1. The topological polar surface area (TPSA) is 81.4 Å². The van der Waals surface area contributed by atoms with Crippen molar-refractivity contribution in [2.75, 3.05) is 12.3 Å². The Morgan fingerprint density at radius 2 is 1.46 bits per heavy atom. The van der Waals surface area contributed by atoms with Gasteiger partial charge < -0.3 is 10.5 Å². The van der Waals surface area contributed by atoms with Crippen molar-refractivity contribution >= 4 is 15.7 Å². The van der Waals surface area contributed by atoms with Crippen molar-refractivity contribution in [3.63, 3.8) is 0 Å². The van der Waals surface area contributed by atoms with E-state index in [4.69, 9.17) is 10.5 Å². The fraction of sp³-hybridized carbons (Fsp3) is 0.182. The van der Waals surface area contributed by atoms with Crippen LogP contribution in [0, 0.1) is 13.8 Å². The molecule has 0 saturated heterocycles. The van der Waals surface area contributed by atoms with Crippen LogP contribution in [0.4, 0.5) is 5.69 Å². The van der Waals surface area contributed by atoms with Gasteiger partial charge in [-0.25, -0.2) is 13.1 Å². The van der Waals surface area contributed by atoms with Gasteiger partial charge in [0, 0.05) is 12.2 Å². The van der Waals surface area contributed by atoms with Crippen LogP contribution in [-0.2, 0) is 16.4 Å². The zero-order valence-corrected chi connectivity index (χ0v) is 16.8. The summed E-state index contributed by atoms with van der Waals surface area (Å²) in [6.45, 7) is 4.38. The van der Waals surface area contributed by atoms with Crippen molar-refractivity contribution in [3.05, 3.63) is 83.4 Å². The molecule has 0 bridgehead atoms. The molecule has 0 amide bonds. The number of nitrogens with one attached hydrogen (secondary N) is 1. The van der Waals surface area contributed by atoms with E-state index in [1.807, 2.05) is 50.2 Å². The van der Waals surface area contributed by atoms with Gasteiger partial charge in [0.25, 0.3) is 0 Å². The highest BCUT2D eigenvalue weighted by Gasteiger charge is 2.12. The molecule has 0 heterocycles.